The number of phenolic OH excluding ortho intramolecular Hbond substituents is 1. The first-order valence-electron chi connectivity index (χ1n) is 11.8. The fourth-order valence-electron chi connectivity index (χ4n) is 3.85. The average Bonchev–Trinajstić information content (AvgIpc) is 2.81. The van der Waals surface area contributed by atoms with Crippen LogP contribution in [0.15, 0.2) is 76.5 Å². The molecule has 36 heavy (non-hydrogen) atoms. The first-order valence-corrected chi connectivity index (χ1v) is 13.3. The van der Waals surface area contributed by atoms with Crippen molar-refractivity contribution in [1.29, 1.82) is 5.26 Å². The van der Waals surface area contributed by atoms with Crippen molar-refractivity contribution in [3.8, 4) is 11.8 Å². The fourth-order valence-corrected chi connectivity index (χ4v) is 5.01. The van der Waals surface area contributed by atoms with Gasteiger partial charge in [-0.1, -0.05) is 96.2 Å². The van der Waals surface area contributed by atoms with E-state index >= 15 is 0 Å². The van der Waals surface area contributed by atoms with E-state index in [0.717, 1.165) is 11.1 Å². The van der Waals surface area contributed by atoms with Crippen LogP contribution in [0.2, 0.25) is 0 Å². The molecule has 0 aliphatic carbocycles. The number of phenols is 1. The summed E-state index contributed by atoms with van der Waals surface area (Å²) in [5.74, 6) is 0.202. The van der Waals surface area contributed by atoms with Crippen LogP contribution < -0.4 is 0 Å². The number of aromatic hydroxyl groups is 1. The van der Waals surface area contributed by atoms with Crippen LogP contribution in [-0.4, -0.2) is 13.5 Å². The minimum Gasteiger partial charge on any atom is -0.507 e. The lowest BCUT2D eigenvalue weighted by molar-refractivity contribution is 0.423. The molecule has 0 atom stereocenters. The molecule has 3 aromatic carbocycles. The summed E-state index contributed by atoms with van der Waals surface area (Å²) in [6, 6.07) is 21.7. The highest BCUT2D eigenvalue weighted by molar-refractivity contribution is 7.95. The summed E-state index contributed by atoms with van der Waals surface area (Å²) in [5.41, 5.74) is 3.11. The Morgan fingerprint density at radius 2 is 1.25 bits per heavy atom. The lowest BCUT2D eigenvalue weighted by Gasteiger charge is -2.28. The molecular weight excluding hydrogens is 466 g/mol. The summed E-state index contributed by atoms with van der Waals surface area (Å²) in [6.07, 6.45) is 5.25. The molecule has 3 aromatic rings. The molecule has 186 valence electrons. The molecule has 0 saturated carbocycles. The lowest BCUT2D eigenvalue weighted by atomic mass is 9.78. The number of nitriles is 1. The molecule has 0 spiro atoms. The smallest absolute Gasteiger partial charge is 0.216 e. The first-order chi connectivity index (χ1) is 16.7. The van der Waals surface area contributed by atoms with Gasteiger partial charge in [0.05, 0.1) is 4.90 Å². The zero-order valence-electron chi connectivity index (χ0n) is 21.7. The highest BCUT2D eigenvalue weighted by atomic mass is 32.2. The minimum absolute atomic E-state index is 0.0537. The van der Waals surface area contributed by atoms with Crippen LogP contribution in [0.5, 0.6) is 5.75 Å². The van der Waals surface area contributed by atoms with Crippen molar-refractivity contribution in [2.45, 2.75) is 57.3 Å². The van der Waals surface area contributed by atoms with E-state index in [4.69, 9.17) is 0 Å². The molecule has 0 bridgehead atoms. The Balaban J connectivity index is 2.02. The zero-order valence-corrected chi connectivity index (χ0v) is 22.5. The third kappa shape index (κ3) is 6.13. The van der Waals surface area contributed by atoms with Crippen molar-refractivity contribution in [1.82, 2.24) is 0 Å². The Kier molecular flexibility index (Phi) is 7.62. The molecule has 0 radical (unpaired) electrons. The quantitative estimate of drug-likeness (QED) is 0.291. The van der Waals surface area contributed by atoms with E-state index in [1.807, 2.05) is 90.1 Å². The largest absolute Gasteiger partial charge is 0.507 e. The van der Waals surface area contributed by atoms with Crippen LogP contribution in [0.3, 0.4) is 0 Å². The highest BCUT2D eigenvalue weighted by Gasteiger charge is 2.27. The van der Waals surface area contributed by atoms with Crippen LogP contribution in [0.25, 0.3) is 18.2 Å². The highest BCUT2D eigenvalue weighted by Crippen LogP contribution is 2.40. The maximum atomic E-state index is 13.3. The summed E-state index contributed by atoms with van der Waals surface area (Å²) in [7, 11) is -4.03. The number of nitrogens with zero attached hydrogens (tertiary/aromatic N) is 1. The van der Waals surface area contributed by atoms with E-state index in [1.165, 1.54) is 18.2 Å². The molecule has 0 heterocycles. The van der Waals surface area contributed by atoms with Crippen molar-refractivity contribution >= 4 is 28.1 Å². The Morgan fingerprint density at radius 3 is 1.69 bits per heavy atom. The molecule has 1 N–H and O–H groups in total. The standard InChI is InChI=1S/C31H33NO3S/c1-30(2,3)27-19-24(20-28(29(27)33)31(4,5)6)18-26(21-32)36(34,35)25-16-14-23(15-17-25)13-12-22-10-8-7-9-11-22/h7-20,33H,1-6H3. The maximum absolute atomic E-state index is 13.3. The van der Waals surface area contributed by atoms with Gasteiger partial charge in [-0.25, -0.2) is 8.42 Å². The topological polar surface area (TPSA) is 78.2 Å². The number of allylic oxidation sites excluding steroid dienone is 1. The second-order valence-electron chi connectivity index (χ2n) is 10.9. The molecule has 5 heteroatoms. The van der Waals surface area contributed by atoms with Gasteiger partial charge in [-0.05, 0) is 57.9 Å². The van der Waals surface area contributed by atoms with Crippen LogP contribution in [0.4, 0.5) is 0 Å². The van der Waals surface area contributed by atoms with Crippen molar-refractivity contribution in [2.75, 3.05) is 0 Å². The summed E-state index contributed by atoms with van der Waals surface area (Å²) >= 11 is 0. The predicted octanol–water partition coefficient (Wildman–Crippen LogP) is 7.50. The van der Waals surface area contributed by atoms with Gasteiger partial charge in [-0.3, -0.25) is 0 Å². The van der Waals surface area contributed by atoms with Crippen LogP contribution in [-0.2, 0) is 20.7 Å². The van der Waals surface area contributed by atoms with E-state index in [1.54, 1.807) is 24.3 Å². The van der Waals surface area contributed by atoms with Crippen molar-refractivity contribution < 1.29 is 13.5 Å². The van der Waals surface area contributed by atoms with Gasteiger partial charge in [0.1, 0.15) is 16.7 Å². The van der Waals surface area contributed by atoms with Crippen molar-refractivity contribution in [3.63, 3.8) is 0 Å². The van der Waals surface area contributed by atoms with Crippen LogP contribution in [0, 0.1) is 11.3 Å². The molecule has 4 nitrogen and oxygen atoms in total. The second kappa shape index (κ2) is 10.2. The summed E-state index contributed by atoms with van der Waals surface area (Å²) in [4.78, 5) is -0.293. The molecule has 0 saturated heterocycles. The molecule has 0 unspecified atom stereocenters. The minimum atomic E-state index is -4.03. The van der Waals surface area contributed by atoms with Crippen LogP contribution >= 0.6 is 0 Å². The molecule has 0 amide bonds. The van der Waals surface area contributed by atoms with Crippen molar-refractivity contribution in [3.05, 3.63) is 99.5 Å². The van der Waals surface area contributed by atoms with Gasteiger partial charge >= 0.3 is 0 Å². The van der Waals surface area contributed by atoms with E-state index in [2.05, 4.69) is 0 Å². The molecule has 0 aliphatic heterocycles. The van der Waals surface area contributed by atoms with E-state index in [-0.39, 0.29) is 26.4 Å². The number of hydrogen-bond acceptors (Lipinski definition) is 4. The maximum Gasteiger partial charge on any atom is 0.216 e. The Hall–Kier alpha value is -3.62. The van der Waals surface area contributed by atoms with E-state index in [0.29, 0.717) is 16.7 Å². The molecule has 0 fully saturated rings. The van der Waals surface area contributed by atoms with Gasteiger partial charge in [0.15, 0.2) is 0 Å². The summed E-state index contributed by atoms with van der Waals surface area (Å²) in [5, 5.41) is 20.8. The summed E-state index contributed by atoms with van der Waals surface area (Å²) in [6.45, 7) is 11.9. The average molecular weight is 500 g/mol. The number of rotatable bonds is 5. The second-order valence-corrected chi connectivity index (χ2v) is 12.8. The lowest BCUT2D eigenvalue weighted by Crippen LogP contribution is -2.17. The Bertz CT molecular complexity index is 1410. The zero-order chi connectivity index (χ0) is 26.7. The number of benzene rings is 3. The normalized spacial score (nSPS) is 13.1. The van der Waals surface area contributed by atoms with Gasteiger partial charge in [0, 0.05) is 11.1 Å². The van der Waals surface area contributed by atoms with E-state index in [9.17, 15) is 18.8 Å². The predicted molar refractivity (Wildman–Crippen MR) is 148 cm³/mol. The Labute approximate surface area is 215 Å². The molecule has 0 aliphatic rings. The number of sulfone groups is 1. The van der Waals surface area contributed by atoms with Gasteiger partial charge in [-0.2, -0.15) is 5.26 Å². The van der Waals surface area contributed by atoms with Gasteiger partial charge in [0.2, 0.25) is 9.84 Å². The van der Waals surface area contributed by atoms with Crippen molar-refractivity contribution in [2.24, 2.45) is 0 Å². The fraction of sp³-hybridized carbons (Fsp3) is 0.258. The van der Waals surface area contributed by atoms with Gasteiger partial charge in [0.25, 0.3) is 0 Å². The molecule has 3 rings (SSSR count). The van der Waals surface area contributed by atoms with Crippen LogP contribution in [0.1, 0.15) is 69.4 Å². The van der Waals surface area contributed by atoms with E-state index < -0.39 is 9.84 Å². The first kappa shape index (κ1) is 27.0. The summed E-state index contributed by atoms with van der Waals surface area (Å²) < 4.78 is 26.7. The van der Waals surface area contributed by atoms with Gasteiger partial charge in [-0.15, -0.1) is 0 Å². The Morgan fingerprint density at radius 1 is 0.778 bits per heavy atom. The molecular formula is C31H33NO3S. The SMILES string of the molecule is CC(C)(C)c1cc(C=C(C#N)S(=O)(=O)c2ccc(C=Cc3ccccc3)cc2)cc(C(C)(C)C)c1O. The van der Waals surface area contributed by atoms with Gasteiger partial charge < -0.3 is 5.11 Å². The molecule has 0 aromatic heterocycles. The monoisotopic (exact) mass is 499 g/mol. The number of hydrogen-bond donors (Lipinski definition) is 1. The third-order valence-corrected chi connectivity index (χ3v) is 7.58. The third-order valence-electron chi connectivity index (χ3n) is 5.90.